The van der Waals surface area contributed by atoms with Crippen LogP contribution in [-0.2, 0) is 6.42 Å². The lowest BCUT2D eigenvalue weighted by Crippen LogP contribution is -2.19. The number of hydrogen-bond donors (Lipinski definition) is 2. The van der Waals surface area contributed by atoms with Gasteiger partial charge >= 0.3 is 0 Å². The summed E-state index contributed by atoms with van der Waals surface area (Å²) in [6, 6.07) is 2.47. The number of aromatic nitrogens is 2. The lowest BCUT2D eigenvalue weighted by atomic mass is 10.1. The first-order valence-electron chi connectivity index (χ1n) is 6.23. The van der Waals surface area contributed by atoms with Crippen LogP contribution in [0, 0.1) is 0 Å². The summed E-state index contributed by atoms with van der Waals surface area (Å²) in [5.41, 5.74) is 1.35. The first-order chi connectivity index (χ1) is 9.19. The lowest BCUT2D eigenvalue weighted by molar-refractivity contribution is 0.785. The Balaban J connectivity index is 2.02. The van der Waals surface area contributed by atoms with Crippen molar-refractivity contribution >= 4 is 39.0 Å². The molecule has 4 nitrogen and oxygen atoms in total. The van der Waals surface area contributed by atoms with Gasteiger partial charge in [-0.1, -0.05) is 0 Å². The van der Waals surface area contributed by atoms with Crippen molar-refractivity contribution < 1.29 is 0 Å². The predicted molar refractivity (Wildman–Crippen MR) is 85.0 cm³/mol. The quantitative estimate of drug-likeness (QED) is 0.840. The van der Waals surface area contributed by atoms with Crippen LogP contribution in [0.2, 0.25) is 0 Å². The van der Waals surface area contributed by atoms with Crippen molar-refractivity contribution in [3.8, 4) is 0 Å². The van der Waals surface area contributed by atoms with E-state index in [9.17, 15) is 0 Å². The molecule has 2 aromatic heterocycles. The Morgan fingerprint density at radius 3 is 3.00 bits per heavy atom. The normalized spacial score (nSPS) is 12.2. The zero-order chi connectivity index (χ0) is 13.7. The van der Waals surface area contributed by atoms with Crippen molar-refractivity contribution in [2.75, 3.05) is 17.2 Å². The van der Waals surface area contributed by atoms with E-state index in [4.69, 9.17) is 0 Å². The minimum absolute atomic E-state index is 0.315. The molecule has 0 amide bonds. The number of anilines is 2. The first-order valence-corrected chi connectivity index (χ1v) is 7.96. The van der Waals surface area contributed by atoms with Gasteiger partial charge in [0.1, 0.15) is 5.82 Å². The Hall–Kier alpha value is -1.14. The maximum absolute atomic E-state index is 4.45. The largest absolute Gasteiger partial charge is 0.366 e. The van der Waals surface area contributed by atoms with Crippen molar-refractivity contribution in [3.63, 3.8) is 0 Å². The maximum atomic E-state index is 4.45. The summed E-state index contributed by atoms with van der Waals surface area (Å²) in [5.74, 6) is 1.48. The van der Waals surface area contributed by atoms with E-state index >= 15 is 0 Å². The number of nitrogens with one attached hydrogen (secondary N) is 2. The maximum Gasteiger partial charge on any atom is 0.224 e. The molecule has 102 valence electrons. The third-order valence-electron chi connectivity index (χ3n) is 2.58. The van der Waals surface area contributed by atoms with Crippen molar-refractivity contribution in [2.45, 2.75) is 26.3 Å². The van der Waals surface area contributed by atoms with Gasteiger partial charge < -0.3 is 10.6 Å². The molecule has 0 aliphatic carbocycles. The molecule has 19 heavy (non-hydrogen) atoms. The molecule has 0 aliphatic rings. The second-order valence-electron chi connectivity index (χ2n) is 4.30. The van der Waals surface area contributed by atoms with E-state index in [2.05, 4.69) is 60.3 Å². The predicted octanol–water partition coefficient (Wildman–Crippen LogP) is 3.78. The Morgan fingerprint density at radius 1 is 1.47 bits per heavy atom. The molecule has 0 spiro atoms. The van der Waals surface area contributed by atoms with Gasteiger partial charge in [-0.15, -0.1) is 0 Å². The summed E-state index contributed by atoms with van der Waals surface area (Å²) < 4.78 is 0.881. The number of rotatable bonds is 6. The minimum Gasteiger partial charge on any atom is -0.366 e. The highest BCUT2D eigenvalue weighted by molar-refractivity contribution is 9.10. The average molecular weight is 341 g/mol. The number of hydrogen-bond acceptors (Lipinski definition) is 5. The monoisotopic (exact) mass is 340 g/mol. The third kappa shape index (κ3) is 4.18. The highest BCUT2D eigenvalue weighted by Gasteiger charge is 2.09. The Bertz CT molecular complexity index is 515. The van der Waals surface area contributed by atoms with Gasteiger partial charge in [-0.2, -0.15) is 16.3 Å². The molecular formula is C13H17BrN4S. The topological polar surface area (TPSA) is 49.8 Å². The molecule has 1 unspecified atom stereocenters. The molecule has 0 fully saturated rings. The fraction of sp³-hybridized carbons (Fsp3) is 0.385. The van der Waals surface area contributed by atoms with Crippen LogP contribution < -0.4 is 10.6 Å². The van der Waals surface area contributed by atoms with Crippen LogP contribution in [0.3, 0.4) is 0 Å². The van der Waals surface area contributed by atoms with Crippen LogP contribution in [-0.4, -0.2) is 22.6 Å². The molecule has 2 aromatic rings. The van der Waals surface area contributed by atoms with E-state index in [1.54, 1.807) is 17.5 Å². The molecule has 0 saturated heterocycles. The zero-order valence-corrected chi connectivity index (χ0v) is 13.4. The zero-order valence-electron chi connectivity index (χ0n) is 11.0. The van der Waals surface area contributed by atoms with Gasteiger partial charge in [0, 0.05) is 18.8 Å². The van der Waals surface area contributed by atoms with Gasteiger partial charge in [0.15, 0.2) is 0 Å². The highest BCUT2D eigenvalue weighted by atomic mass is 79.9. The van der Waals surface area contributed by atoms with Crippen molar-refractivity contribution in [3.05, 3.63) is 33.1 Å². The standard InChI is InChI=1S/C13H17BrN4S/c1-3-15-13-16-7-11(14)12(18-13)17-9(2)6-10-4-5-19-8-10/h4-5,7-9H,3,6H2,1-2H3,(H2,15,16,17,18). The molecular weight excluding hydrogens is 324 g/mol. The number of nitrogens with zero attached hydrogens (tertiary/aromatic N) is 2. The molecule has 0 radical (unpaired) electrons. The number of halogens is 1. The van der Waals surface area contributed by atoms with Gasteiger partial charge in [-0.25, -0.2) is 4.98 Å². The van der Waals surface area contributed by atoms with Crippen LogP contribution >= 0.6 is 27.3 Å². The van der Waals surface area contributed by atoms with Gasteiger partial charge in [0.05, 0.1) is 4.47 Å². The molecule has 2 heterocycles. The number of thiophene rings is 1. The molecule has 0 aromatic carbocycles. The first kappa shape index (κ1) is 14.3. The van der Waals surface area contributed by atoms with Crippen LogP contribution in [0.4, 0.5) is 11.8 Å². The molecule has 1 atom stereocenters. The van der Waals surface area contributed by atoms with Crippen molar-refractivity contribution in [2.24, 2.45) is 0 Å². The van der Waals surface area contributed by atoms with E-state index in [1.165, 1.54) is 5.56 Å². The van der Waals surface area contributed by atoms with E-state index in [-0.39, 0.29) is 0 Å². The van der Waals surface area contributed by atoms with Crippen LogP contribution in [0.25, 0.3) is 0 Å². The molecule has 0 aliphatic heterocycles. The molecule has 0 saturated carbocycles. The smallest absolute Gasteiger partial charge is 0.224 e. The molecule has 0 bridgehead atoms. The molecule has 6 heteroatoms. The van der Waals surface area contributed by atoms with Crippen LogP contribution in [0.15, 0.2) is 27.5 Å². The third-order valence-corrected chi connectivity index (χ3v) is 3.90. The Labute approximate surface area is 125 Å². The van der Waals surface area contributed by atoms with Crippen molar-refractivity contribution in [1.29, 1.82) is 0 Å². The van der Waals surface area contributed by atoms with Crippen LogP contribution in [0.5, 0.6) is 0 Å². The van der Waals surface area contributed by atoms with E-state index < -0.39 is 0 Å². The molecule has 2 rings (SSSR count). The minimum atomic E-state index is 0.315. The van der Waals surface area contributed by atoms with Gasteiger partial charge in [-0.3, -0.25) is 0 Å². The van der Waals surface area contributed by atoms with Gasteiger partial charge in [-0.05, 0) is 58.6 Å². The fourth-order valence-electron chi connectivity index (χ4n) is 1.76. The van der Waals surface area contributed by atoms with Gasteiger partial charge in [0.25, 0.3) is 0 Å². The molecule has 2 N–H and O–H groups in total. The summed E-state index contributed by atoms with van der Waals surface area (Å²) in [5, 5.41) is 10.8. The Kier molecular flexibility index (Phi) is 5.15. The fourth-order valence-corrected chi connectivity index (χ4v) is 2.75. The summed E-state index contributed by atoms with van der Waals surface area (Å²) in [4.78, 5) is 8.66. The van der Waals surface area contributed by atoms with E-state index in [0.29, 0.717) is 12.0 Å². The summed E-state index contributed by atoms with van der Waals surface area (Å²) in [6.45, 7) is 4.99. The SMILES string of the molecule is CCNc1ncc(Br)c(NC(C)Cc2ccsc2)n1. The Morgan fingerprint density at radius 2 is 2.32 bits per heavy atom. The second-order valence-corrected chi connectivity index (χ2v) is 5.94. The van der Waals surface area contributed by atoms with E-state index in [0.717, 1.165) is 23.3 Å². The summed E-state index contributed by atoms with van der Waals surface area (Å²) >= 11 is 5.20. The summed E-state index contributed by atoms with van der Waals surface area (Å²) in [7, 11) is 0. The lowest BCUT2D eigenvalue weighted by Gasteiger charge is -2.15. The van der Waals surface area contributed by atoms with Crippen molar-refractivity contribution in [1.82, 2.24) is 9.97 Å². The second kappa shape index (κ2) is 6.86. The average Bonchev–Trinajstić information content (AvgIpc) is 2.86. The highest BCUT2D eigenvalue weighted by Crippen LogP contribution is 2.21. The van der Waals surface area contributed by atoms with Gasteiger partial charge in [0.2, 0.25) is 5.95 Å². The van der Waals surface area contributed by atoms with E-state index in [1.807, 2.05) is 6.92 Å². The van der Waals surface area contributed by atoms with Crippen LogP contribution in [0.1, 0.15) is 19.4 Å². The summed E-state index contributed by atoms with van der Waals surface area (Å²) in [6.07, 6.45) is 2.75.